The summed E-state index contributed by atoms with van der Waals surface area (Å²) in [5.74, 6) is -1.08. The smallest absolute Gasteiger partial charge is 0.352 e. The Balaban J connectivity index is 1.47. The molecule has 1 aliphatic carbocycles. The zero-order valence-corrected chi connectivity index (χ0v) is 20.9. The predicted octanol–water partition coefficient (Wildman–Crippen LogP) is 4.40. The Kier molecular flexibility index (Phi) is 7.88. The lowest BCUT2D eigenvalue weighted by Gasteiger charge is -2.10. The number of nitrogens with two attached hydrogens (primary N) is 1. The van der Waals surface area contributed by atoms with Gasteiger partial charge in [-0.1, -0.05) is 18.0 Å². The molecule has 1 aromatic carbocycles. The fraction of sp³-hybridized carbons (Fsp3) is 0.417. The van der Waals surface area contributed by atoms with E-state index in [9.17, 15) is 22.8 Å². The first kappa shape index (κ1) is 26.7. The molecule has 4 rings (SSSR count). The van der Waals surface area contributed by atoms with E-state index < -0.39 is 17.8 Å². The Labute approximate surface area is 216 Å². The van der Waals surface area contributed by atoms with Crippen LogP contribution in [0, 0.1) is 0 Å². The maximum Gasteiger partial charge on any atom is 0.435 e. The van der Waals surface area contributed by atoms with Crippen LogP contribution in [-0.2, 0) is 13.2 Å². The third-order valence-corrected chi connectivity index (χ3v) is 6.34. The Morgan fingerprint density at radius 2 is 1.95 bits per heavy atom. The number of unbranched alkanes of at least 4 members (excludes halogenated alkanes) is 2. The summed E-state index contributed by atoms with van der Waals surface area (Å²) in [6, 6.07) is 4.38. The van der Waals surface area contributed by atoms with Crippen LogP contribution in [0.2, 0.25) is 5.02 Å². The average molecular weight is 538 g/mol. The number of hydrogen-bond acceptors (Lipinski definition) is 5. The van der Waals surface area contributed by atoms with Gasteiger partial charge in [-0.05, 0) is 50.4 Å². The molecule has 13 heteroatoms. The highest BCUT2D eigenvalue weighted by Crippen LogP contribution is 2.41. The molecule has 37 heavy (non-hydrogen) atoms. The van der Waals surface area contributed by atoms with E-state index in [4.69, 9.17) is 17.3 Å². The molecular weight excluding hydrogens is 511 g/mol. The Morgan fingerprint density at radius 1 is 1.19 bits per heavy atom. The first-order valence-corrected chi connectivity index (χ1v) is 12.3. The second-order valence-corrected chi connectivity index (χ2v) is 9.29. The van der Waals surface area contributed by atoms with Gasteiger partial charge in [0, 0.05) is 25.5 Å². The molecular formula is C24H27ClF3N7O2. The molecule has 0 radical (unpaired) electrons. The molecule has 2 heterocycles. The number of hydrogen-bond donors (Lipinski definition) is 3. The third kappa shape index (κ3) is 6.13. The fourth-order valence-electron chi connectivity index (χ4n) is 3.89. The summed E-state index contributed by atoms with van der Waals surface area (Å²) in [6.45, 7) is 1.09. The lowest BCUT2D eigenvalue weighted by Crippen LogP contribution is -2.25. The molecule has 2 amide bonds. The lowest BCUT2D eigenvalue weighted by atomic mass is 10.1. The van der Waals surface area contributed by atoms with Crippen molar-refractivity contribution >= 4 is 29.1 Å². The number of anilines is 1. The van der Waals surface area contributed by atoms with Crippen molar-refractivity contribution in [2.75, 3.05) is 18.4 Å². The van der Waals surface area contributed by atoms with Crippen molar-refractivity contribution < 1.29 is 22.8 Å². The number of imidazole rings is 1. The Hall–Kier alpha value is -3.38. The molecule has 198 valence electrons. The first-order chi connectivity index (χ1) is 17.6. The molecule has 1 saturated carbocycles. The van der Waals surface area contributed by atoms with Crippen LogP contribution in [-0.4, -0.2) is 44.2 Å². The summed E-state index contributed by atoms with van der Waals surface area (Å²) >= 11 is 6.26. The molecule has 0 saturated heterocycles. The molecule has 0 aliphatic heterocycles. The molecule has 1 fully saturated rings. The molecule has 0 spiro atoms. The Bertz CT molecular complexity index is 1300. The minimum Gasteiger partial charge on any atom is -0.352 e. The van der Waals surface area contributed by atoms with E-state index in [2.05, 4.69) is 20.7 Å². The van der Waals surface area contributed by atoms with Crippen LogP contribution in [0.25, 0.3) is 11.3 Å². The van der Waals surface area contributed by atoms with Crippen molar-refractivity contribution in [1.29, 1.82) is 0 Å². The van der Waals surface area contributed by atoms with Gasteiger partial charge in [0.25, 0.3) is 11.8 Å². The number of benzene rings is 1. The Morgan fingerprint density at radius 3 is 2.59 bits per heavy atom. The van der Waals surface area contributed by atoms with Gasteiger partial charge in [0.15, 0.2) is 11.5 Å². The van der Waals surface area contributed by atoms with E-state index in [1.807, 2.05) is 0 Å². The summed E-state index contributed by atoms with van der Waals surface area (Å²) < 4.78 is 43.5. The zero-order chi connectivity index (χ0) is 26.7. The molecule has 0 bridgehead atoms. The van der Waals surface area contributed by atoms with Gasteiger partial charge >= 0.3 is 6.18 Å². The average Bonchev–Trinajstić information content (AvgIpc) is 3.46. The highest BCUT2D eigenvalue weighted by atomic mass is 35.5. The molecule has 2 aromatic heterocycles. The minimum atomic E-state index is -4.66. The third-order valence-electron chi connectivity index (χ3n) is 6.03. The van der Waals surface area contributed by atoms with Crippen LogP contribution in [0.4, 0.5) is 18.9 Å². The molecule has 0 atom stereocenters. The van der Waals surface area contributed by atoms with Crippen LogP contribution in [0.15, 0.2) is 30.6 Å². The van der Waals surface area contributed by atoms with Gasteiger partial charge in [0.05, 0.1) is 34.1 Å². The highest BCUT2D eigenvalue weighted by molar-refractivity contribution is 6.34. The van der Waals surface area contributed by atoms with E-state index in [1.165, 1.54) is 46.9 Å². The van der Waals surface area contributed by atoms with E-state index in [1.54, 1.807) is 0 Å². The molecule has 1 aliphatic rings. The van der Waals surface area contributed by atoms with Crippen LogP contribution in [0.3, 0.4) is 0 Å². The van der Waals surface area contributed by atoms with Gasteiger partial charge in [0.2, 0.25) is 0 Å². The van der Waals surface area contributed by atoms with Gasteiger partial charge in [0.1, 0.15) is 0 Å². The van der Waals surface area contributed by atoms with E-state index in [0.717, 1.165) is 32.1 Å². The summed E-state index contributed by atoms with van der Waals surface area (Å²) in [7, 11) is 1.46. The summed E-state index contributed by atoms with van der Waals surface area (Å²) in [5.41, 5.74) is 4.96. The zero-order valence-electron chi connectivity index (χ0n) is 20.1. The quantitative estimate of drug-likeness (QED) is 0.331. The van der Waals surface area contributed by atoms with Crippen molar-refractivity contribution in [3.05, 3.63) is 52.7 Å². The maximum absolute atomic E-state index is 13.6. The number of aromatic nitrogens is 4. The first-order valence-electron chi connectivity index (χ1n) is 11.9. The predicted molar refractivity (Wildman–Crippen MR) is 132 cm³/mol. The molecule has 0 unspecified atom stereocenters. The largest absolute Gasteiger partial charge is 0.435 e. The van der Waals surface area contributed by atoms with E-state index in [-0.39, 0.29) is 39.6 Å². The van der Waals surface area contributed by atoms with Crippen molar-refractivity contribution in [1.82, 2.24) is 24.6 Å². The van der Waals surface area contributed by atoms with Crippen LogP contribution >= 0.6 is 11.6 Å². The van der Waals surface area contributed by atoms with Gasteiger partial charge in [-0.3, -0.25) is 14.3 Å². The van der Waals surface area contributed by atoms with Gasteiger partial charge in [-0.15, -0.1) is 0 Å². The summed E-state index contributed by atoms with van der Waals surface area (Å²) in [5, 5.41) is 9.29. The number of halogens is 4. The second kappa shape index (κ2) is 10.9. The number of nitrogens with one attached hydrogen (secondary N) is 2. The number of nitrogens with zero attached hydrogens (tertiary/aromatic N) is 4. The molecule has 3 aromatic rings. The highest BCUT2D eigenvalue weighted by Gasteiger charge is 2.40. The number of amides is 2. The molecule has 9 nitrogen and oxygen atoms in total. The number of alkyl halides is 3. The van der Waals surface area contributed by atoms with Crippen molar-refractivity contribution in [3.8, 4) is 11.3 Å². The van der Waals surface area contributed by atoms with Crippen LogP contribution in [0.5, 0.6) is 0 Å². The van der Waals surface area contributed by atoms with Crippen LogP contribution in [0.1, 0.15) is 64.8 Å². The van der Waals surface area contributed by atoms with Crippen molar-refractivity contribution in [2.45, 2.75) is 44.3 Å². The normalized spacial score (nSPS) is 13.6. The second-order valence-electron chi connectivity index (χ2n) is 8.88. The number of carbonyl (C=O) groups is 2. The topological polar surface area (TPSA) is 120 Å². The molecule has 4 N–H and O–H groups in total. The van der Waals surface area contributed by atoms with Crippen molar-refractivity contribution in [3.63, 3.8) is 0 Å². The standard InChI is InChI=1S/C24H27ClF3N7O2/c1-34-19(17-13-35(15-6-7-15)33-20(17)24(26,27)28)12-31-21(34)23(37)32-14-5-8-16(18(25)11-14)22(36)30-10-4-2-3-9-29/h5,8,11-13,15H,2-4,6-7,9-10,29H2,1H3,(H,30,36)(H,32,37). The van der Waals surface area contributed by atoms with Gasteiger partial charge in [-0.2, -0.15) is 18.3 Å². The van der Waals surface area contributed by atoms with E-state index in [0.29, 0.717) is 18.8 Å². The van der Waals surface area contributed by atoms with Crippen LogP contribution < -0.4 is 16.4 Å². The number of carbonyl (C=O) groups excluding carboxylic acids is 2. The monoisotopic (exact) mass is 537 g/mol. The van der Waals surface area contributed by atoms with E-state index >= 15 is 0 Å². The summed E-state index contributed by atoms with van der Waals surface area (Å²) in [4.78, 5) is 29.3. The number of rotatable bonds is 10. The van der Waals surface area contributed by atoms with Crippen molar-refractivity contribution in [2.24, 2.45) is 12.8 Å². The SMILES string of the molecule is Cn1c(-c2cn(C3CC3)nc2C(F)(F)F)cnc1C(=O)Nc1ccc(C(=O)NCCCCCN)c(Cl)c1. The van der Waals surface area contributed by atoms with Gasteiger partial charge in [-0.25, -0.2) is 4.98 Å². The summed E-state index contributed by atoms with van der Waals surface area (Å²) in [6.07, 6.45) is 2.04. The lowest BCUT2D eigenvalue weighted by molar-refractivity contribution is -0.141. The fourth-order valence-corrected chi connectivity index (χ4v) is 4.16. The van der Waals surface area contributed by atoms with Gasteiger partial charge < -0.3 is 20.9 Å². The minimum absolute atomic E-state index is 0.0446. The maximum atomic E-state index is 13.6.